The molecule has 0 aliphatic carbocycles. The van der Waals surface area contributed by atoms with Crippen molar-refractivity contribution >= 4 is 57.1 Å². The van der Waals surface area contributed by atoms with E-state index in [0.29, 0.717) is 14.9 Å². The van der Waals surface area contributed by atoms with Crippen LogP contribution in [0.1, 0.15) is 11.1 Å². The van der Waals surface area contributed by atoms with E-state index in [1.54, 1.807) is 17.6 Å². The van der Waals surface area contributed by atoms with Gasteiger partial charge in [0, 0.05) is 9.13 Å². The van der Waals surface area contributed by atoms with Crippen LogP contribution in [0.5, 0.6) is 5.75 Å². The van der Waals surface area contributed by atoms with E-state index in [9.17, 15) is 30.7 Å². The molecule has 0 aliphatic rings. The molecule has 0 fully saturated rings. The third-order valence-corrected chi connectivity index (χ3v) is 4.59. The lowest BCUT2D eigenvalue weighted by Crippen LogP contribution is -2.16. The van der Waals surface area contributed by atoms with Crippen molar-refractivity contribution in [2.75, 3.05) is 12.5 Å². The van der Waals surface area contributed by atoms with Gasteiger partial charge in [-0.2, -0.15) is 18.3 Å². The fourth-order valence-corrected chi connectivity index (χ4v) is 4.15. The van der Waals surface area contributed by atoms with Crippen molar-refractivity contribution in [1.29, 1.82) is 0 Å². The van der Waals surface area contributed by atoms with Crippen molar-refractivity contribution in [3.05, 3.63) is 53.7 Å². The molecule has 2 aromatic carbocycles. The molecule has 0 saturated carbocycles. The van der Waals surface area contributed by atoms with E-state index in [1.165, 1.54) is 7.11 Å². The van der Waals surface area contributed by atoms with Crippen molar-refractivity contribution < 1.29 is 35.5 Å². The summed E-state index contributed by atoms with van der Waals surface area (Å²) >= 11 is 3.96. The first-order chi connectivity index (χ1) is 12.5. The third kappa shape index (κ3) is 4.57. The highest BCUT2D eigenvalue weighted by Crippen LogP contribution is 2.38. The highest BCUT2D eigenvalue weighted by atomic mass is 127. The topological polar surface area (TPSA) is 33.6 Å². The zero-order valence-electron chi connectivity index (χ0n) is 13.0. The number of rotatable bonds is 4. The Morgan fingerprint density at radius 1 is 1.00 bits per heavy atom. The molecule has 0 heterocycles. The summed E-state index contributed by atoms with van der Waals surface area (Å²) in [5.74, 6) is -9.27. The Hall–Kier alpha value is -1.32. The minimum absolute atomic E-state index is 0.356. The van der Waals surface area contributed by atoms with Gasteiger partial charge in [0.2, 0.25) is 0 Å². The minimum Gasteiger partial charge on any atom is -0.495 e. The summed E-state index contributed by atoms with van der Waals surface area (Å²) in [6.07, 6.45) is -4.57. The van der Waals surface area contributed by atoms with Crippen LogP contribution >= 0.6 is 45.2 Å². The molecule has 146 valence electrons. The number of hydrogen-bond acceptors (Lipinski definition) is 3. The maximum atomic E-state index is 13.8. The number of halogens is 9. The van der Waals surface area contributed by atoms with Gasteiger partial charge in [-0.25, -0.2) is 17.6 Å². The molecular formula is C15H7F7I2N2O. The summed E-state index contributed by atoms with van der Waals surface area (Å²) in [7, 11) is 1.37. The molecule has 0 radical (unpaired) electrons. The van der Waals surface area contributed by atoms with Crippen molar-refractivity contribution in [2.45, 2.75) is 6.18 Å². The summed E-state index contributed by atoms with van der Waals surface area (Å²) in [6, 6.07) is 3.36. The normalized spacial score (nSPS) is 11.9. The van der Waals surface area contributed by atoms with Crippen LogP contribution < -0.4 is 10.2 Å². The van der Waals surface area contributed by atoms with Gasteiger partial charge >= 0.3 is 6.18 Å². The summed E-state index contributed by atoms with van der Waals surface area (Å²) in [6.45, 7) is 0. The molecule has 0 aromatic heterocycles. The van der Waals surface area contributed by atoms with E-state index in [-0.39, 0.29) is 0 Å². The fraction of sp³-hybridized carbons (Fsp3) is 0.133. The molecule has 0 unspecified atom stereocenters. The number of nitrogens with one attached hydrogen (secondary N) is 1. The van der Waals surface area contributed by atoms with E-state index in [2.05, 4.69) is 5.10 Å². The number of alkyl halides is 3. The van der Waals surface area contributed by atoms with Gasteiger partial charge in [-0.3, -0.25) is 5.43 Å². The van der Waals surface area contributed by atoms with E-state index >= 15 is 0 Å². The van der Waals surface area contributed by atoms with Gasteiger partial charge in [0.05, 0.1) is 16.9 Å². The van der Waals surface area contributed by atoms with Crippen LogP contribution in [0.4, 0.5) is 36.4 Å². The molecule has 0 spiro atoms. The number of hydrogen-bond donors (Lipinski definition) is 1. The summed E-state index contributed by atoms with van der Waals surface area (Å²) in [4.78, 5) is 0. The first-order valence-corrected chi connectivity index (χ1v) is 8.90. The predicted molar refractivity (Wildman–Crippen MR) is 101 cm³/mol. The molecule has 2 rings (SSSR count). The largest absolute Gasteiger partial charge is 0.495 e. The molecule has 3 nitrogen and oxygen atoms in total. The molecule has 1 N–H and O–H groups in total. The lowest BCUT2D eigenvalue weighted by Gasteiger charge is -2.13. The van der Waals surface area contributed by atoms with Crippen molar-refractivity contribution in [3.8, 4) is 5.75 Å². The van der Waals surface area contributed by atoms with E-state index in [4.69, 9.17) is 4.74 Å². The Kier molecular flexibility index (Phi) is 6.81. The fourth-order valence-electron chi connectivity index (χ4n) is 2.04. The number of ether oxygens (including phenoxy) is 1. The second-order valence-electron chi connectivity index (χ2n) is 4.88. The SMILES string of the molecule is COc1c(I)cc(I)cc1C=NNc1c(F)c(F)c(C(F)(F)F)c(F)c1F. The van der Waals surface area contributed by atoms with Crippen LogP contribution in [0.15, 0.2) is 17.2 Å². The number of methoxy groups -OCH3 is 1. The van der Waals surface area contributed by atoms with Crippen LogP contribution in [-0.4, -0.2) is 13.3 Å². The van der Waals surface area contributed by atoms with Gasteiger partial charge in [0.15, 0.2) is 23.3 Å². The second kappa shape index (κ2) is 8.36. The number of benzene rings is 2. The summed E-state index contributed by atoms with van der Waals surface area (Å²) in [5, 5.41) is 3.44. The Labute approximate surface area is 175 Å². The lowest BCUT2D eigenvalue weighted by atomic mass is 10.1. The van der Waals surface area contributed by atoms with Gasteiger partial charge in [-0.1, -0.05) is 0 Å². The zero-order valence-corrected chi connectivity index (χ0v) is 17.3. The molecule has 2 aromatic rings. The average Bonchev–Trinajstić information content (AvgIpc) is 2.54. The molecular weight excluding hydrogens is 611 g/mol. The third-order valence-electron chi connectivity index (χ3n) is 3.17. The van der Waals surface area contributed by atoms with Gasteiger partial charge in [0.1, 0.15) is 17.0 Å². The van der Waals surface area contributed by atoms with Gasteiger partial charge in [-0.05, 0) is 57.3 Å². The molecule has 27 heavy (non-hydrogen) atoms. The maximum absolute atomic E-state index is 13.8. The maximum Gasteiger partial charge on any atom is 0.422 e. The molecule has 0 aliphatic heterocycles. The van der Waals surface area contributed by atoms with E-state index in [0.717, 1.165) is 9.78 Å². The molecule has 0 atom stereocenters. The van der Waals surface area contributed by atoms with Gasteiger partial charge in [-0.15, -0.1) is 0 Å². The molecule has 0 saturated heterocycles. The summed E-state index contributed by atoms with van der Waals surface area (Å²) < 4.78 is 99.0. The Balaban J connectivity index is 2.44. The Morgan fingerprint density at radius 3 is 2.04 bits per heavy atom. The van der Waals surface area contributed by atoms with E-state index < -0.39 is 40.7 Å². The number of hydrazone groups is 1. The highest BCUT2D eigenvalue weighted by molar-refractivity contribution is 14.1. The van der Waals surface area contributed by atoms with Crippen molar-refractivity contribution in [3.63, 3.8) is 0 Å². The number of nitrogens with zero attached hydrogens (tertiary/aromatic N) is 1. The van der Waals surface area contributed by atoms with Crippen LogP contribution in [0, 0.1) is 30.4 Å². The summed E-state index contributed by atoms with van der Waals surface area (Å²) in [5.41, 5.74) is -2.10. The first kappa shape index (κ1) is 22.0. The number of anilines is 1. The van der Waals surface area contributed by atoms with E-state index in [1.807, 2.05) is 45.2 Å². The first-order valence-electron chi connectivity index (χ1n) is 6.74. The van der Waals surface area contributed by atoms with Crippen LogP contribution in [-0.2, 0) is 6.18 Å². The molecule has 12 heteroatoms. The van der Waals surface area contributed by atoms with Crippen molar-refractivity contribution in [2.24, 2.45) is 5.10 Å². The quantitative estimate of drug-likeness (QED) is 0.152. The lowest BCUT2D eigenvalue weighted by molar-refractivity contribution is -0.143. The molecule has 0 bridgehead atoms. The predicted octanol–water partition coefficient (Wildman–Crippen LogP) is 5.93. The monoisotopic (exact) mass is 618 g/mol. The smallest absolute Gasteiger partial charge is 0.422 e. The van der Waals surface area contributed by atoms with Crippen molar-refractivity contribution in [1.82, 2.24) is 0 Å². The second-order valence-corrected chi connectivity index (χ2v) is 7.29. The standard InChI is InChI=1S/C15H7F7I2N2O/c1-27-14-5(2-6(23)3-7(14)24)4-25-26-13-11(18)9(16)8(15(20,21)22)10(17)12(13)19/h2-4,26H,1H3. The zero-order chi connectivity index (χ0) is 20.5. The van der Waals surface area contributed by atoms with Crippen LogP contribution in [0.3, 0.4) is 0 Å². The van der Waals surface area contributed by atoms with Gasteiger partial charge < -0.3 is 4.74 Å². The minimum atomic E-state index is -5.61. The highest BCUT2D eigenvalue weighted by Gasteiger charge is 2.42. The molecule has 0 amide bonds. The Morgan fingerprint density at radius 2 is 1.56 bits per heavy atom. The average molecular weight is 618 g/mol. The van der Waals surface area contributed by atoms with Crippen LogP contribution in [0.2, 0.25) is 0 Å². The van der Waals surface area contributed by atoms with Gasteiger partial charge in [0.25, 0.3) is 0 Å². The Bertz CT molecular complexity index is 887. The van der Waals surface area contributed by atoms with Crippen LogP contribution in [0.25, 0.3) is 0 Å².